The molecule has 0 radical (unpaired) electrons. The molecule has 27 heavy (non-hydrogen) atoms. The van der Waals surface area contributed by atoms with Gasteiger partial charge in [0, 0.05) is 32.1 Å². The summed E-state index contributed by atoms with van der Waals surface area (Å²) < 4.78 is 5.88. The Morgan fingerprint density at radius 2 is 1.70 bits per heavy atom. The molecule has 0 bridgehead atoms. The number of hydrogen-bond acceptors (Lipinski definition) is 4. The highest BCUT2D eigenvalue weighted by atomic mass is 16.4. The Labute approximate surface area is 158 Å². The van der Waals surface area contributed by atoms with Gasteiger partial charge in [0.15, 0.2) is 5.58 Å². The van der Waals surface area contributed by atoms with E-state index in [1.54, 1.807) is 0 Å². The lowest BCUT2D eigenvalue weighted by Crippen LogP contribution is -2.44. The smallest absolute Gasteiger partial charge is 0.298 e. The quantitative estimate of drug-likeness (QED) is 0.699. The van der Waals surface area contributed by atoms with E-state index in [1.165, 1.54) is 11.1 Å². The number of para-hydroxylation sites is 2. The van der Waals surface area contributed by atoms with Crippen LogP contribution in [0.15, 0.2) is 52.9 Å². The van der Waals surface area contributed by atoms with Crippen molar-refractivity contribution >= 4 is 23.0 Å². The van der Waals surface area contributed by atoms with Crippen LogP contribution >= 0.6 is 0 Å². The van der Waals surface area contributed by atoms with Crippen molar-refractivity contribution in [1.82, 2.24) is 9.88 Å². The summed E-state index contributed by atoms with van der Waals surface area (Å²) in [6.45, 7) is 3.21. The minimum absolute atomic E-state index is 0.107. The average Bonchev–Trinajstić information content (AvgIpc) is 3.17. The molecule has 1 aromatic heterocycles. The number of oxazole rings is 1. The fourth-order valence-corrected chi connectivity index (χ4v) is 4.26. The van der Waals surface area contributed by atoms with Gasteiger partial charge in [-0.1, -0.05) is 36.4 Å². The first-order valence-corrected chi connectivity index (χ1v) is 9.74. The lowest BCUT2D eigenvalue weighted by Gasteiger charge is -2.35. The fourth-order valence-electron chi connectivity index (χ4n) is 4.26. The highest BCUT2D eigenvalue weighted by Gasteiger charge is 2.31. The van der Waals surface area contributed by atoms with E-state index in [9.17, 15) is 4.79 Å². The van der Waals surface area contributed by atoms with Gasteiger partial charge in [-0.15, -0.1) is 0 Å². The summed E-state index contributed by atoms with van der Waals surface area (Å²) in [7, 11) is 0. The van der Waals surface area contributed by atoms with Crippen LogP contribution < -0.4 is 4.90 Å². The van der Waals surface area contributed by atoms with Gasteiger partial charge in [0.2, 0.25) is 5.91 Å². The normalized spacial score (nSPS) is 17.9. The summed E-state index contributed by atoms with van der Waals surface area (Å²) in [4.78, 5) is 21.8. The molecule has 0 saturated carbocycles. The van der Waals surface area contributed by atoms with Crippen molar-refractivity contribution in [2.24, 2.45) is 5.92 Å². The summed E-state index contributed by atoms with van der Waals surface area (Å²) in [5.41, 5.74) is 4.38. The second-order valence-electron chi connectivity index (χ2n) is 7.50. The number of anilines is 1. The van der Waals surface area contributed by atoms with E-state index in [-0.39, 0.29) is 5.92 Å². The topological polar surface area (TPSA) is 49.6 Å². The van der Waals surface area contributed by atoms with E-state index in [0.717, 1.165) is 56.5 Å². The molecular formula is C22H23N3O2. The van der Waals surface area contributed by atoms with Gasteiger partial charge in [-0.05, 0) is 42.5 Å². The number of benzene rings is 2. The molecule has 138 valence electrons. The maximum Gasteiger partial charge on any atom is 0.298 e. The molecule has 0 spiro atoms. The number of fused-ring (bicyclic) bond motifs is 2. The monoisotopic (exact) mass is 361 g/mol. The van der Waals surface area contributed by atoms with Crippen LogP contribution in [0.5, 0.6) is 0 Å². The molecule has 5 heteroatoms. The Bertz CT molecular complexity index is 939. The molecule has 2 aromatic carbocycles. The second-order valence-corrected chi connectivity index (χ2v) is 7.50. The predicted molar refractivity (Wildman–Crippen MR) is 105 cm³/mol. The minimum Gasteiger partial charge on any atom is -0.423 e. The van der Waals surface area contributed by atoms with Gasteiger partial charge in [-0.2, -0.15) is 4.98 Å². The lowest BCUT2D eigenvalue weighted by atomic mass is 9.93. The van der Waals surface area contributed by atoms with Gasteiger partial charge < -0.3 is 14.2 Å². The molecule has 2 aliphatic heterocycles. The maximum atomic E-state index is 13.0. The van der Waals surface area contributed by atoms with E-state index in [4.69, 9.17) is 4.42 Å². The number of nitrogens with zero attached hydrogens (tertiary/aromatic N) is 3. The molecule has 5 nitrogen and oxygen atoms in total. The fraction of sp³-hybridized carbons (Fsp3) is 0.364. The van der Waals surface area contributed by atoms with Crippen molar-refractivity contribution < 1.29 is 9.21 Å². The zero-order valence-electron chi connectivity index (χ0n) is 15.3. The van der Waals surface area contributed by atoms with Crippen LogP contribution in [0, 0.1) is 5.92 Å². The van der Waals surface area contributed by atoms with Gasteiger partial charge in [0.05, 0.1) is 0 Å². The number of carbonyl (C=O) groups excluding carboxylic acids is 1. The van der Waals surface area contributed by atoms with Crippen LogP contribution in [-0.2, 0) is 17.8 Å². The Morgan fingerprint density at radius 1 is 0.963 bits per heavy atom. The molecule has 1 saturated heterocycles. The van der Waals surface area contributed by atoms with Gasteiger partial charge in [-0.25, -0.2) is 0 Å². The first-order valence-electron chi connectivity index (χ1n) is 9.74. The van der Waals surface area contributed by atoms with Gasteiger partial charge in [0.1, 0.15) is 5.52 Å². The molecule has 0 N–H and O–H groups in total. The summed E-state index contributed by atoms with van der Waals surface area (Å²) in [5, 5.41) is 0. The average molecular weight is 361 g/mol. The Hall–Kier alpha value is -2.82. The first kappa shape index (κ1) is 16.4. The van der Waals surface area contributed by atoms with Crippen molar-refractivity contribution in [1.29, 1.82) is 0 Å². The Balaban J connectivity index is 1.23. The summed E-state index contributed by atoms with van der Waals surface area (Å²) in [6.07, 6.45) is 2.68. The molecule has 5 rings (SSSR count). The molecular weight excluding hydrogens is 338 g/mol. The Kier molecular flexibility index (Phi) is 4.07. The maximum absolute atomic E-state index is 13.0. The zero-order chi connectivity index (χ0) is 18.2. The van der Waals surface area contributed by atoms with Crippen LogP contribution in [-0.4, -0.2) is 35.4 Å². The molecule has 0 unspecified atom stereocenters. The second kappa shape index (κ2) is 6.72. The lowest BCUT2D eigenvalue weighted by molar-refractivity contribution is -0.137. The van der Waals surface area contributed by atoms with E-state index in [0.29, 0.717) is 11.9 Å². The van der Waals surface area contributed by atoms with Crippen molar-refractivity contribution in [2.75, 3.05) is 24.5 Å². The van der Waals surface area contributed by atoms with E-state index >= 15 is 0 Å². The number of hydrogen-bond donors (Lipinski definition) is 0. The molecule has 0 aliphatic carbocycles. The minimum atomic E-state index is 0.107. The SMILES string of the molecule is O=C(C1CCN(c2nc3ccccc3o2)CC1)N1CCc2ccccc2C1. The third-order valence-corrected chi connectivity index (χ3v) is 5.84. The third kappa shape index (κ3) is 3.07. The van der Waals surface area contributed by atoms with E-state index in [1.807, 2.05) is 29.2 Å². The van der Waals surface area contributed by atoms with E-state index in [2.05, 4.69) is 34.1 Å². The van der Waals surface area contributed by atoms with E-state index < -0.39 is 0 Å². The van der Waals surface area contributed by atoms with Crippen molar-refractivity contribution in [3.05, 3.63) is 59.7 Å². The van der Waals surface area contributed by atoms with Crippen molar-refractivity contribution in [3.63, 3.8) is 0 Å². The number of piperidine rings is 1. The standard InChI is InChI=1S/C22H23N3O2/c26-21(25-14-9-16-5-1-2-6-18(16)15-25)17-10-12-24(13-11-17)22-23-19-7-3-4-8-20(19)27-22/h1-8,17H,9-15H2. The summed E-state index contributed by atoms with van der Waals surface area (Å²) >= 11 is 0. The summed E-state index contributed by atoms with van der Waals surface area (Å²) in [6, 6.07) is 17.0. The molecule has 1 fully saturated rings. The van der Waals surface area contributed by atoms with Crippen LogP contribution in [0.3, 0.4) is 0 Å². The Morgan fingerprint density at radius 3 is 2.52 bits per heavy atom. The van der Waals surface area contributed by atoms with Crippen molar-refractivity contribution in [3.8, 4) is 0 Å². The third-order valence-electron chi connectivity index (χ3n) is 5.84. The van der Waals surface area contributed by atoms with Gasteiger partial charge in [0.25, 0.3) is 6.01 Å². The van der Waals surface area contributed by atoms with Gasteiger partial charge in [-0.3, -0.25) is 4.79 Å². The highest BCUT2D eigenvalue weighted by molar-refractivity contribution is 5.79. The van der Waals surface area contributed by atoms with Gasteiger partial charge >= 0.3 is 0 Å². The molecule has 3 aromatic rings. The zero-order valence-corrected chi connectivity index (χ0v) is 15.3. The molecule has 1 amide bonds. The predicted octanol–water partition coefficient (Wildman–Crippen LogP) is 3.63. The number of carbonyl (C=O) groups is 1. The molecule has 0 atom stereocenters. The highest BCUT2D eigenvalue weighted by Crippen LogP contribution is 2.28. The number of rotatable bonds is 2. The van der Waals surface area contributed by atoms with Crippen LogP contribution in [0.1, 0.15) is 24.0 Å². The molecule has 2 aliphatic rings. The number of aromatic nitrogens is 1. The van der Waals surface area contributed by atoms with Crippen LogP contribution in [0.2, 0.25) is 0 Å². The van der Waals surface area contributed by atoms with Crippen LogP contribution in [0.4, 0.5) is 6.01 Å². The van der Waals surface area contributed by atoms with Crippen molar-refractivity contribution in [2.45, 2.75) is 25.8 Å². The largest absolute Gasteiger partial charge is 0.423 e. The first-order chi connectivity index (χ1) is 13.3. The summed E-state index contributed by atoms with van der Waals surface area (Å²) in [5.74, 6) is 0.414. The molecule has 3 heterocycles. The number of amides is 1. The van der Waals surface area contributed by atoms with Crippen LogP contribution in [0.25, 0.3) is 11.1 Å².